The molecule has 1 aromatic rings. The minimum absolute atomic E-state index is 0.179. The van der Waals surface area contributed by atoms with Gasteiger partial charge in [0.2, 0.25) is 5.91 Å². The molecule has 2 rings (SSSR count). The van der Waals surface area contributed by atoms with Gasteiger partial charge in [0.15, 0.2) is 0 Å². The second-order valence-electron chi connectivity index (χ2n) is 5.17. The first-order valence-electron chi connectivity index (χ1n) is 6.73. The minimum Gasteiger partial charge on any atom is -0.496 e. The number of ether oxygens (including phenoxy) is 1. The lowest BCUT2D eigenvalue weighted by Crippen LogP contribution is -2.28. The van der Waals surface area contributed by atoms with E-state index >= 15 is 0 Å². The fourth-order valence-corrected chi connectivity index (χ4v) is 2.49. The first-order valence-corrected chi connectivity index (χ1v) is 6.73. The number of hydrogen-bond donors (Lipinski definition) is 1. The number of amides is 1. The molecule has 104 valence electrons. The van der Waals surface area contributed by atoms with Crippen LogP contribution in [0.15, 0.2) is 18.2 Å². The Kier molecular flexibility index (Phi) is 4.43. The summed E-state index contributed by atoms with van der Waals surface area (Å²) < 4.78 is 5.24. The number of nitrogens with one attached hydrogen (secondary N) is 1. The molecule has 1 N–H and O–H groups in total. The number of hydrogen-bond acceptors (Lipinski definition) is 3. The molecule has 1 fully saturated rings. The van der Waals surface area contributed by atoms with E-state index in [2.05, 4.69) is 5.32 Å². The van der Waals surface area contributed by atoms with Crippen molar-refractivity contribution in [3.8, 4) is 5.75 Å². The van der Waals surface area contributed by atoms with E-state index in [-0.39, 0.29) is 5.91 Å². The van der Waals surface area contributed by atoms with Crippen LogP contribution in [-0.2, 0) is 4.79 Å². The van der Waals surface area contributed by atoms with Gasteiger partial charge in [-0.15, -0.1) is 0 Å². The SMILES string of the molecule is COc1ccc(N(C)C(=O)CC2CCNC2)cc1C. The zero-order valence-electron chi connectivity index (χ0n) is 11.9. The first-order chi connectivity index (χ1) is 9.11. The largest absolute Gasteiger partial charge is 0.496 e. The van der Waals surface area contributed by atoms with Crippen LogP contribution in [0, 0.1) is 12.8 Å². The predicted octanol–water partition coefficient (Wildman–Crippen LogP) is 1.97. The molecule has 1 aliphatic rings. The molecule has 0 spiro atoms. The molecule has 0 aromatic heterocycles. The first kappa shape index (κ1) is 13.9. The van der Waals surface area contributed by atoms with Crippen LogP contribution in [0.4, 0.5) is 5.69 Å². The minimum atomic E-state index is 0.179. The van der Waals surface area contributed by atoms with Gasteiger partial charge in [-0.25, -0.2) is 0 Å². The summed E-state index contributed by atoms with van der Waals surface area (Å²) in [6.07, 6.45) is 1.72. The third kappa shape index (κ3) is 3.26. The second kappa shape index (κ2) is 6.06. The van der Waals surface area contributed by atoms with Gasteiger partial charge in [-0.05, 0) is 56.1 Å². The Balaban J connectivity index is 2.03. The van der Waals surface area contributed by atoms with Crippen LogP contribution < -0.4 is 15.0 Å². The van der Waals surface area contributed by atoms with Crippen LogP contribution in [0.2, 0.25) is 0 Å². The maximum Gasteiger partial charge on any atom is 0.227 e. The second-order valence-corrected chi connectivity index (χ2v) is 5.17. The molecule has 1 aromatic carbocycles. The fraction of sp³-hybridized carbons (Fsp3) is 0.533. The van der Waals surface area contributed by atoms with E-state index in [4.69, 9.17) is 4.74 Å². The number of nitrogens with zero attached hydrogens (tertiary/aromatic N) is 1. The van der Waals surface area contributed by atoms with Gasteiger partial charge >= 0.3 is 0 Å². The molecule has 1 atom stereocenters. The summed E-state index contributed by atoms with van der Waals surface area (Å²) in [5.74, 6) is 1.51. The lowest BCUT2D eigenvalue weighted by atomic mass is 10.0. The summed E-state index contributed by atoms with van der Waals surface area (Å²) in [5, 5.41) is 3.29. The van der Waals surface area contributed by atoms with Crippen molar-refractivity contribution in [2.24, 2.45) is 5.92 Å². The van der Waals surface area contributed by atoms with Crippen molar-refractivity contribution in [3.63, 3.8) is 0 Å². The third-order valence-electron chi connectivity index (χ3n) is 3.77. The molecule has 0 bridgehead atoms. The molecule has 19 heavy (non-hydrogen) atoms. The molecule has 1 heterocycles. The summed E-state index contributed by atoms with van der Waals surface area (Å²) in [4.78, 5) is 14.0. The van der Waals surface area contributed by atoms with E-state index < -0.39 is 0 Å². The number of methoxy groups -OCH3 is 1. The number of aryl methyl sites for hydroxylation is 1. The summed E-state index contributed by atoms with van der Waals surface area (Å²) in [5.41, 5.74) is 1.97. The molecule has 1 unspecified atom stereocenters. The standard InChI is InChI=1S/C15H22N2O2/c1-11-8-13(4-5-14(11)19-3)17(2)15(18)9-12-6-7-16-10-12/h4-5,8,12,16H,6-7,9-10H2,1-3H3. The fourth-order valence-electron chi connectivity index (χ4n) is 2.49. The van der Waals surface area contributed by atoms with Gasteiger partial charge in [0.05, 0.1) is 7.11 Å². The van der Waals surface area contributed by atoms with Crippen LogP contribution in [0.3, 0.4) is 0 Å². The monoisotopic (exact) mass is 262 g/mol. The van der Waals surface area contributed by atoms with Crippen molar-refractivity contribution in [1.29, 1.82) is 0 Å². The molecule has 0 aliphatic carbocycles. The molecular weight excluding hydrogens is 240 g/mol. The Hall–Kier alpha value is -1.55. The number of rotatable bonds is 4. The number of anilines is 1. The van der Waals surface area contributed by atoms with Gasteiger partial charge in [0.25, 0.3) is 0 Å². The molecule has 1 amide bonds. The van der Waals surface area contributed by atoms with E-state index in [0.717, 1.165) is 36.5 Å². The molecule has 1 saturated heterocycles. The van der Waals surface area contributed by atoms with Gasteiger partial charge in [-0.3, -0.25) is 4.79 Å². The van der Waals surface area contributed by atoms with Crippen molar-refractivity contribution >= 4 is 11.6 Å². The van der Waals surface area contributed by atoms with Crippen molar-refractivity contribution in [2.45, 2.75) is 19.8 Å². The van der Waals surface area contributed by atoms with Gasteiger partial charge < -0.3 is 15.0 Å². The summed E-state index contributed by atoms with van der Waals surface area (Å²) in [7, 11) is 3.50. The summed E-state index contributed by atoms with van der Waals surface area (Å²) in [6.45, 7) is 3.98. The van der Waals surface area contributed by atoms with Crippen LogP contribution in [0.1, 0.15) is 18.4 Å². The average Bonchev–Trinajstić information content (AvgIpc) is 2.90. The number of benzene rings is 1. The lowest BCUT2D eigenvalue weighted by molar-refractivity contribution is -0.119. The number of carbonyl (C=O) groups is 1. The van der Waals surface area contributed by atoms with Crippen molar-refractivity contribution in [3.05, 3.63) is 23.8 Å². The lowest BCUT2D eigenvalue weighted by Gasteiger charge is -2.20. The summed E-state index contributed by atoms with van der Waals surface area (Å²) >= 11 is 0. The van der Waals surface area contributed by atoms with Gasteiger partial charge in [0.1, 0.15) is 5.75 Å². The average molecular weight is 262 g/mol. The Morgan fingerprint density at radius 3 is 2.89 bits per heavy atom. The normalized spacial score (nSPS) is 18.4. The Bertz CT molecular complexity index is 453. The molecule has 1 aliphatic heterocycles. The highest BCUT2D eigenvalue weighted by molar-refractivity contribution is 5.93. The Morgan fingerprint density at radius 1 is 1.53 bits per heavy atom. The molecule has 4 nitrogen and oxygen atoms in total. The zero-order chi connectivity index (χ0) is 13.8. The maximum atomic E-state index is 12.2. The van der Waals surface area contributed by atoms with E-state index in [0.29, 0.717) is 12.3 Å². The van der Waals surface area contributed by atoms with Crippen LogP contribution in [0.5, 0.6) is 5.75 Å². The number of carbonyl (C=O) groups excluding carboxylic acids is 1. The third-order valence-corrected chi connectivity index (χ3v) is 3.77. The highest BCUT2D eigenvalue weighted by atomic mass is 16.5. The smallest absolute Gasteiger partial charge is 0.227 e. The summed E-state index contributed by atoms with van der Waals surface area (Å²) in [6, 6.07) is 5.83. The van der Waals surface area contributed by atoms with Crippen molar-refractivity contribution in [1.82, 2.24) is 5.32 Å². The Labute approximate surface area is 114 Å². The highest BCUT2D eigenvalue weighted by Crippen LogP contribution is 2.24. The van der Waals surface area contributed by atoms with Crippen LogP contribution >= 0.6 is 0 Å². The molecule has 4 heteroatoms. The van der Waals surface area contributed by atoms with Crippen LogP contribution in [0.25, 0.3) is 0 Å². The van der Waals surface area contributed by atoms with E-state index in [9.17, 15) is 4.79 Å². The van der Waals surface area contributed by atoms with Gasteiger partial charge in [-0.2, -0.15) is 0 Å². The molecular formula is C15H22N2O2. The molecule has 0 radical (unpaired) electrons. The van der Waals surface area contributed by atoms with E-state index in [1.54, 1.807) is 12.0 Å². The predicted molar refractivity (Wildman–Crippen MR) is 76.7 cm³/mol. The van der Waals surface area contributed by atoms with Crippen molar-refractivity contribution < 1.29 is 9.53 Å². The van der Waals surface area contributed by atoms with E-state index in [1.807, 2.05) is 32.2 Å². The molecule has 0 saturated carbocycles. The van der Waals surface area contributed by atoms with Crippen LogP contribution in [-0.4, -0.2) is 33.2 Å². The van der Waals surface area contributed by atoms with Crippen molar-refractivity contribution in [2.75, 3.05) is 32.1 Å². The maximum absolute atomic E-state index is 12.2. The highest BCUT2D eigenvalue weighted by Gasteiger charge is 2.21. The topological polar surface area (TPSA) is 41.6 Å². The Morgan fingerprint density at radius 2 is 2.32 bits per heavy atom. The van der Waals surface area contributed by atoms with Gasteiger partial charge in [-0.1, -0.05) is 0 Å². The zero-order valence-corrected chi connectivity index (χ0v) is 11.9. The van der Waals surface area contributed by atoms with E-state index in [1.165, 1.54) is 0 Å². The quantitative estimate of drug-likeness (QED) is 0.902. The van der Waals surface area contributed by atoms with Gasteiger partial charge in [0, 0.05) is 19.2 Å².